The van der Waals surface area contributed by atoms with Crippen LogP contribution in [0.5, 0.6) is 11.5 Å². The summed E-state index contributed by atoms with van der Waals surface area (Å²) in [5, 5.41) is 22.7. The predicted molar refractivity (Wildman–Crippen MR) is 172 cm³/mol. The quantitative estimate of drug-likeness (QED) is 0.119. The van der Waals surface area contributed by atoms with Crippen LogP contribution in [0.4, 0.5) is 16.2 Å². The minimum atomic E-state index is -0.622. The van der Waals surface area contributed by atoms with E-state index in [-0.39, 0.29) is 30.8 Å². The highest BCUT2D eigenvalue weighted by Gasteiger charge is 2.38. The first kappa shape index (κ1) is 30.4. The minimum Gasteiger partial charge on any atom is -0.457 e. The molecular weight excluding hydrogens is 590 g/mol. The molecule has 5 aromatic rings. The van der Waals surface area contributed by atoms with Gasteiger partial charge in [-0.3, -0.25) is 5.10 Å². The second kappa shape index (κ2) is 14.4. The lowest BCUT2D eigenvalue weighted by atomic mass is 9.91. The Morgan fingerprint density at radius 2 is 1.51 bits per heavy atom. The van der Waals surface area contributed by atoms with E-state index in [4.69, 9.17) is 14.2 Å². The second-order valence-electron chi connectivity index (χ2n) is 10.6. The Bertz CT molecular complexity index is 1650. The van der Waals surface area contributed by atoms with E-state index in [1.54, 1.807) is 36.0 Å². The zero-order valence-electron chi connectivity index (χ0n) is 24.5. The number of hydrogen-bond donors (Lipinski definition) is 4. The number of aromatic nitrogens is 3. The monoisotopic (exact) mass is 623 g/mol. The van der Waals surface area contributed by atoms with Crippen LogP contribution < -0.4 is 15.4 Å². The lowest BCUT2D eigenvalue weighted by molar-refractivity contribution is -0.268. The van der Waals surface area contributed by atoms with Crippen molar-refractivity contribution in [2.45, 2.75) is 37.2 Å². The minimum absolute atomic E-state index is 0.0159. The third-order valence-electron chi connectivity index (χ3n) is 7.43. The van der Waals surface area contributed by atoms with E-state index < -0.39 is 6.29 Å². The average Bonchev–Trinajstić information content (AvgIpc) is 3.60. The summed E-state index contributed by atoms with van der Waals surface area (Å²) in [5.74, 6) is 2.11. The van der Waals surface area contributed by atoms with Gasteiger partial charge in [-0.1, -0.05) is 73.3 Å². The number of ether oxygens (including phenoxy) is 3. The van der Waals surface area contributed by atoms with E-state index in [1.165, 1.54) is 6.33 Å². The first-order valence-corrected chi connectivity index (χ1v) is 15.5. The fourth-order valence-electron chi connectivity index (χ4n) is 4.98. The molecule has 1 saturated heterocycles. The van der Waals surface area contributed by atoms with Crippen molar-refractivity contribution >= 4 is 29.2 Å². The van der Waals surface area contributed by atoms with Crippen LogP contribution in [-0.4, -0.2) is 38.2 Å². The number of aliphatic hydroxyl groups is 1. The molecule has 1 aromatic heterocycles. The Balaban J connectivity index is 1.09. The number of nitrogens with one attached hydrogen (secondary N) is 3. The van der Waals surface area contributed by atoms with E-state index in [0.717, 1.165) is 27.6 Å². The number of benzene rings is 4. The fourth-order valence-corrected chi connectivity index (χ4v) is 5.93. The number of thioether (sulfide) groups is 1. The van der Waals surface area contributed by atoms with Crippen molar-refractivity contribution in [3.05, 3.63) is 126 Å². The summed E-state index contributed by atoms with van der Waals surface area (Å²) in [5.41, 5.74) is 3.94. The number of urea groups is 1. The Morgan fingerprint density at radius 3 is 2.16 bits per heavy atom. The number of para-hydroxylation sites is 1. The van der Waals surface area contributed by atoms with Crippen molar-refractivity contribution in [3.8, 4) is 11.5 Å². The van der Waals surface area contributed by atoms with Crippen molar-refractivity contribution < 1.29 is 24.1 Å². The van der Waals surface area contributed by atoms with Crippen molar-refractivity contribution in [1.29, 1.82) is 0 Å². The van der Waals surface area contributed by atoms with Gasteiger partial charge in [-0.2, -0.15) is 5.10 Å². The topological polar surface area (TPSA) is 131 Å². The van der Waals surface area contributed by atoms with Crippen LogP contribution in [-0.2, 0) is 16.1 Å². The summed E-state index contributed by atoms with van der Waals surface area (Å²) in [6.07, 6.45) is 0.487. The summed E-state index contributed by atoms with van der Waals surface area (Å²) in [7, 11) is 0. The first-order chi connectivity index (χ1) is 22.0. The van der Waals surface area contributed by atoms with Crippen LogP contribution in [0.15, 0.2) is 115 Å². The van der Waals surface area contributed by atoms with Crippen LogP contribution in [0.25, 0.3) is 0 Å². The Kier molecular flexibility index (Phi) is 9.71. The van der Waals surface area contributed by atoms with E-state index in [0.29, 0.717) is 22.9 Å². The number of aromatic amines is 1. The second-order valence-corrected chi connectivity index (χ2v) is 11.6. The lowest BCUT2D eigenvalue weighted by Gasteiger charge is -2.41. The standard InChI is InChI=1S/C34H33N5O5S/c1-22-30(20-45-34-35-21-36-39-34)43-32(44-31(22)24-9-7-23(19-40)8-10-24)25-11-13-26(14-12-25)37-33(41)38-27-15-17-29(18-16-27)42-28-5-3-2-4-6-28/h2-18,21-22,30-32,40H,19-20H2,1H3,(H,35,36,39)(H2,37,38,41)/t22-,30+,31+,32+/m0/s1. The number of H-pyrrole nitrogens is 1. The number of rotatable bonds is 10. The predicted octanol–water partition coefficient (Wildman–Crippen LogP) is 7.32. The fraction of sp³-hybridized carbons (Fsp3) is 0.206. The molecule has 0 saturated carbocycles. The van der Waals surface area contributed by atoms with Crippen LogP contribution in [0, 0.1) is 5.92 Å². The van der Waals surface area contributed by atoms with Crippen molar-refractivity contribution in [1.82, 2.24) is 15.2 Å². The van der Waals surface area contributed by atoms with Gasteiger partial charge in [0, 0.05) is 28.6 Å². The van der Waals surface area contributed by atoms with Gasteiger partial charge in [-0.25, -0.2) is 9.78 Å². The van der Waals surface area contributed by atoms with E-state index in [9.17, 15) is 9.90 Å². The highest BCUT2D eigenvalue weighted by molar-refractivity contribution is 7.99. The van der Waals surface area contributed by atoms with Gasteiger partial charge >= 0.3 is 6.03 Å². The molecule has 6 rings (SSSR count). The molecule has 2 amide bonds. The molecule has 230 valence electrons. The molecule has 1 fully saturated rings. The SMILES string of the molecule is C[C@H]1[C@@H](CSc2ncn[nH]2)O[C@@H](c2ccc(NC(=O)Nc3ccc(Oc4ccccc4)cc3)cc2)O[C@H]1c1ccc(CO)cc1. The number of hydrogen-bond acceptors (Lipinski definition) is 8. The summed E-state index contributed by atoms with van der Waals surface area (Å²) in [6, 6.07) is 31.5. The molecule has 1 aliphatic rings. The zero-order chi connectivity index (χ0) is 31.0. The third kappa shape index (κ3) is 7.89. The normalized spacial score (nSPS) is 19.5. The van der Waals surface area contributed by atoms with E-state index in [2.05, 4.69) is 32.7 Å². The molecule has 0 radical (unpaired) electrons. The Morgan fingerprint density at radius 1 is 0.867 bits per heavy atom. The number of nitrogens with zero attached hydrogens (tertiary/aromatic N) is 2. The number of carbonyl (C=O) groups excluding carboxylic acids is 1. The maximum absolute atomic E-state index is 12.7. The average molecular weight is 624 g/mol. The molecule has 4 atom stereocenters. The van der Waals surface area contributed by atoms with Gasteiger partial charge in [0.25, 0.3) is 0 Å². The molecular formula is C34H33N5O5S. The smallest absolute Gasteiger partial charge is 0.323 e. The Labute approximate surface area is 265 Å². The largest absolute Gasteiger partial charge is 0.457 e. The summed E-state index contributed by atoms with van der Waals surface area (Å²) >= 11 is 1.54. The highest BCUT2D eigenvalue weighted by Crippen LogP contribution is 2.43. The van der Waals surface area contributed by atoms with Gasteiger partial charge in [0.1, 0.15) is 17.8 Å². The molecule has 0 spiro atoms. The van der Waals surface area contributed by atoms with Gasteiger partial charge in [-0.05, 0) is 59.7 Å². The molecule has 10 nitrogen and oxygen atoms in total. The molecule has 1 aliphatic heterocycles. The molecule has 4 N–H and O–H groups in total. The third-order valence-corrected chi connectivity index (χ3v) is 8.40. The van der Waals surface area contributed by atoms with Gasteiger partial charge in [0.15, 0.2) is 11.4 Å². The summed E-state index contributed by atoms with van der Waals surface area (Å²) in [4.78, 5) is 16.9. The van der Waals surface area contributed by atoms with Crippen LogP contribution in [0.1, 0.15) is 36.0 Å². The Hall–Kier alpha value is -4.68. The maximum atomic E-state index is 12.7. The number of amides is 2. The number of carbonyl (C=O) groups is 1. The van der Waals surface area contributed by atoms with Gasteiger partial charge in [-0.15, -0.1) is 0 Å². The number of anilines is 2. The molecule has 45 heavy (non-hydrogen) atoms. The first-order valence-electron chi connectivity index (χ1n) is 14.5. The maximum Gasteiger partial charge on any atom is 0.323 e. The van der Waals surface area contributed by atoms with Gasteiger partial charge in [0.2, 0.25) is 0 Å². The van der Waals surface area contributed by atoms with Crippen molar-refractivity contribution in [3.63, 3.8) is 0 Å². The van der Waals surface area contributed by atoms with Crippen LogP contribution in [0.2, 0.25) is 0 Å². The number of aliphatic hydroxyl groups excluding tert-OH is 1. The van der Waals surface area contributed by atoms with Crippen LogP contribution in [0.3, 0.4) is 0 Å². The van der Waals surface area contributed by atoms with E-state index in [1.807, 2.05) is 78.9 Å². The van der Waals surface area contributed by atoms with Crippen LogP contribution >= 0.6 is 11.8 Å². The summed E-state index contributed by atoms with van der Waals surface area (Å²) in [6.45, 7) is 2.10. The molecule has 0 aliphatic carbocycles. The summed E-state index contributed by atoms with van der Waals surface area (Å²) < 4.78 is 18.8. The highest BCUT2D eigenvalue weighted by atomic mass is 32.2. The van der Waals surface area contributed by atoms with E-state index >= 15 is 0 Å². The van der Waals surface area contributed by atoms with Gasteiger partial charge < -0.3 is 30.0 Å². The molecule has 0 unspecified atom stereocenters. The molecule has 11 heteroatoms. The zero-order valence-corrected chi connectivity index (χ0v) is 25.3. The molecule has 2 heterocycles. The van der Waals surface area contributed by atoms with Gasteiger partial charge in [0.05, 0.1) is 18.8 Å². The lowest BCUT2D eigenvalue weighted by Crippen LogP contribution is -2.38. The molecule has 0 bridgehead atoms. The van der Waals surface area contributed by atoms with Crippen molar-refractivity contribution in [2.75, 3.05) is 16.4 Å². The molecule has 4 aromatic carbocycles. The van der Waals surface area contributed by atoms with Crippen molar-refractivity contribution in [2.24, 2.45) is 5.92 Å².